The Balaban J connectivity index is 1.63. The Kier molecular flexibility index (Phi) is 4.69. The zero-order valence-electron chi connectivity index (χ0n) is 16.0. The van der Waals surface area contributed by atoms with Crippen LogP contribution in [0.4, 0.5) is 11.5 Å². The van der Waals surface area contributed by atoms with Crippen LogP contribution in [0.3, 0.4) is 0 Å². The first kappa shape index (κ1) is 18.6. The van der Waals surface area contributed by atoms with Crippen LogP contribution in [-0.4, -0.2) is 30.8 Å². The fourth-order valence-corrected chi connectivity index (χ4v) is 3.26. The van der Waals surface area contributed by atoms with E-state index in [4.69, 9.17) is 5.73 Å². The van der Waals surface area contributed by atoms with Gasteiger partial charge in [0.1, 0.15) is 17.4 Å². The number of amides is 1. The molecular formula is C21H20N6O2. The fourth-order valence-electron chi connectivity index (χ4n) is 3.26. The summed E-state index contributed by atoms with van der Waals surface area (Å²) >= 11 is 0. The average molecular weight is 388 g/mol. The molecule has 0 radical (unpaired) electrons. The minimum atomic E-state index is -1.24. The number of aliphatic hydroxyl groups excluding tert-OH is 1. The molecule has 0 aliphatic heterocycles. The number of aliphatic hydroxyl groups is 1. The van der Waals surface area contributed by atoms with Crippen LogP contribution in [0.1, 0.15) is 22.9 Å². The second-order valence-corrected chi connectivity index (χ2v) is 6.76. The summed E-state index contributed by atoms with van der Waals surface area (Å²) in [5, 5.41) is 17.5. The third-order valence-electron chi connectivity index (χ3n) is 4.71. The quantitative estimate of drug-likeness (QED) is 0.494. The summed E-state index contributed by atoms with van der Waals surface area (Å²) in [7, 11) is 0. The molecule has 4 N–H and O–H groups in total. The van der Waals surface area contributed by atoms with Crippen LogP contribution in [0, 0.1) is 13.8 Å². The molecule has 2 aromatic heterocycles. The minimum absolute atomic E-state index is 0.346. The standard InChI is InChI=1S/C21H20N6O2/c1-12-10-15(25-21(29)19(28)14-6-4-3-5-7-14)8-9-16(12)27-18-17(13(2)26-27)23-11-24-20(18)22/h3-11,19,28H,1-2H3,(H,25,29)(H2,22,23,24)/t19-/m1/s1. The third kappa shape index (κ3) is 3.41. The van der Waals surface area contributed by atoms with Crippen molar-refractivity contribution in [2.24, 2.45) is 0 Å². The molecule has 0 bridgehead atoms. The molecule has 29 heavy (non-hydrogen) atoms. The van der Waals surface area contributed by atoms with E-state index in [9.17, 15) is 9.90 Å². The Morgan fingerprint density at radius 1 is 1.14 bits per heavy atom. The van der Waals surface area contributed by atoms with Crippen molar-refractivity contribution in [2.75, 3.05) is 11.1 Å². The zero-order chi connectivity index (χ0) is 20.5. The van der Waals surface area contributed by atoms with Gasteiger partial charge in [-0.1, -0.05) is 30.3 Å². The Morgan fingerprint density at radius 3 is 2.62 bits per heavy atom. The van der Waals surface area contributed by atoms with Gasteiger partial charge in [-0.2, -0.15) is 5.10 Å². The first-order chi connectivity index (χ1) is 14.0. The van der Waals surface area contributed by atoms with Crippen molar-refractivity contribution in [2.45, 2.75) is 20.0 Å². The van der Waals surface area contributed by atoms with E-state index in [2.05, 4.69) is 20.4 Å². The Morgan fingerprint density at radius 2 is 1.90 bits per heavy atom. The van der Waals surface area contributed by atoms with E-state index >= 15 is 0 Å². The number of nitrogen functional groups attached to an aromatic ring is 1. The third-order valence-corrected chi connectivity index (χ3v) is 4.71. The predicted molar refractivity (Wildman–Crippen MR) is 111 cm³/mol. The maximum atomic E-state index is 12.4. The van der Waals surface area contributed by atoms with Crippen molar-refractivity contribution in [1.29, 1.82) is 0 Å². The molecule has 2 aromatic carbocycles. The number of rotatable bonds is 4. The second-order valence-electron chi connectivity index (χ2n) is 6.76. The van der Waals surface area contributed by atoms with Crippen LogP contribution in [0.2, 0.25) is 0 Å². The van der Waals surface area contributed by atoms with Gasteiger partial charge < -0.3 is 16.2 Å². The monoisotopic (exact) mass is 388 g/mol. The van der Waals surface area contributed by atoms with Crippen molar-refractivity contribution >= 4 is 28.4 Å². The first-order valence-corrected chi connectivity index (χ1v) is 9.06. The minimum Gasteiger partial charge on any atom is -0.382 e. The van der Waals surface area contributed by atoms with E-state index < -0.39 is 12.0 Å². The van der Waals surface area contributed by atoms with Gasteiger partial charge in [-0.3, -0.25) is 4.79 Å². The second kappa shape index (κ2) is 7.33. The first-order valence-electron chi connectivity index (χ1n) is 9.06. The summed E-state index contributed by atoms with van der Waals surface area (Å²) in [6.45, 7) is 3.77. The molecule has 1 amide bonds. The van der Waals surface area contributed by atoms with Crippen molar-refractivity contribution < 1.29 is 9.90 Å². The lowest BCUT2D eigenvalue weighted by atomic mass is 10.1. The molecule has 1 atom stereocenters. The lowest BCUT2D eigenvalue weighted by Gasteiger charge is -2.14. The van der Waals surface area contributed by atoms with Crippen molar-refractivity contribution in [3.8, 4) is 5.69 Å². The van der Waals surface area contributed by atoms with Crippen LogP contribution < -0.4 is 11.1 Å². The molecule has 0 unspecified atom stereocenters. The highest BCUT2D eigenvalue weighted by Gasteiger charge is 2.18. The summed E-state index contributed by atoms with van der Waals surface area (Å²) < 4.78 is 1.71. The van der Waals surface area contributed by atoms with E-state index in [1.807, 2.05) is 32.0 Å². The molecule has 8 nitrogen and oxygen atoms in total. The van der Waals surface area contributed by atoms with Crippen molar-refractivity contribution in [3.63, 3.8) is 0 Å². The molecular weight excluding hydrogens is 368 g/mol. The highest BCUT2D eigenvalue weighted by molar-refractivity contribution is 5.95. The molecule has 8 heteroatoms. The summed E-state index contributed by atoms with van der Waals surface area (Å²) in [5.41, 5.74) is 10.9. The molecule has 0 saturated heterocycles. The molecule has 2 heterocycles. The van der Waals surface area contributed by atoms with Gasteiger partial charge >= 0.3 is 0 Å². The molecule has 146 valence electrons. The number of nitrogens with one attached hydrogen (secondary N) is 1. The van der Waals surface area contributed by atoms with E-state index in [0.717, 1.165) is 16.9 Å². The maximum absolute atomic E-state index is 12.4. The highest BCUT2D eigenvalue weighted by atomic mass is 16.3. The average Bonchev–Trinajstić information content (AvgIpc) is 3.06. The van der Waals surface area contributed by atoms with Gasteiger partial charge in [-0.05, 0) is 43.2 Å². The van der Waals surface area contributed by atoms with Gasteiger partial charge in [0, 0.05) is 5.69 Å². The van der Waals surface area contributed by atoms with E-state index in [-0.39, 0.29) is 0 Å². The zero-order valence-corrected chi connectivity index (χ0v) is 16.0. The maximum Gasteiger partial charge on any atom is 0.257 e. The van der Waals surface area contributed by atoms with Crippen molar-refractivity contribution in [3.05, 3.63) is 71.7 Å². The molecule has 0 fully saturated rings. The van der Waals surface area contributed by atoms with Gasteiger partial charge in [0.15, 0.2) is 11.9 Å². The van der Waals surface area contributed by atoms with Gasteiger partial charge in [0.05, 0.1) is 11.4 Å². The van der Waals surface area contributed by atoms with Crippen LogP contribution in [0.5, 0.6) is 0 Å². The molecule has 0 aliphatic rings. The van der Waals surface area contributed by atoms with E-state index in [1.165, 1.54) is 6.33 Å². The number of nitrogens with zero attached hydrogens (tertiary/aromatic N) is 4. The molecule has 0 spiro atoms. The summed E-state index contributed by atoms with van der Waals surface area (Å²) in [5.74, 6) is -0.153. The largest absolute Gasteiger partial charge is 0.382 e. The van der Waals surface area contributed by atoms with Gasteiger partial charge in [0.2, 0.25) is 0 Å². The van der Waals surface area contributed by atoms with Gasteiger partial charge in [-0.25, -0.2) is 14.6 Å². The predicted octanol–water partition coefficient (Wildman–Crippen LogP) is 2.69. The smallest absolute Gasteiger partial charge is 0.257 e. The topological polar surface area (TPSA) is 119 Å². The van der Waals surface area contributed by atoms with E-state index in [0.29, 0.717) is 28.1 Å². The number of benzene rings is 2. The highest BCUT2D eigenvalue weighted by Crippen LogP contribution is 2.27. The lowest BCUT2D eigenvalue weighted by Crippen LogP contribution is -2.20. The van der Waals surface area contributed by atoms with E-state index in [1.54, 1.807) is 35.0 Å². The number of fused-ring (bicyclic) bond motifs is 1. The van der Waals surface area contributed by atoms with Crippen LogP contribution in [0.25, 0.3) is 16.7 Å². The normalized spacial score (nSPS) is 12.1. The van der Waals surface area contributed by atoms with Gasteiger partial charge in [-0.15, -0.1) is 0 Å². The number of carbonyl (C=O) groups excluding carboxylic acids is 1. The molecule has 4 aromatic rings. The Labute approximate surface area is 167 Å². The lowest BCUT2D eigenvalue weighted by molar-refractivity contribution is -0.124. The van der Waals surface area contributed by atoms with Crippen LogP contribution >= 0.6 is 0 Å². The number of aryl methyl sites for hydroxylation is 2. The summed E-state index contributed by atoms with van der Waals surface area (Å²) in [4.78, 5) is 20.7. The molecule has 4 rings (SSSR count). The molecule has 0 aliphatic carbocycles. The van der Waals surface area contributed by atoms with Crippen LogP contribution in [-0.2, 0) is 4.79 Å². The van der Waals surface area contributed by atoms with Crippen LogP contribution in [0.15, 0.2) is 54.9 Å². The number of hydrogen-bond donors (Lipinski definition) is 3. The molecule has 0 saturated carbocycles. The number of anilines is 2. The Bertz CT molecular complexity index is 1200. The Hall–Kier alpha value is -3.78. The fraction of sp³-hybridized carbons (Fsp3) is 0.143. The summed E-state index contributed by atoms with van der Waals surface area (Å²) in [6, 6.07) is 14.2. The number of hydrogen-bond acceptors (Lipinski definition) is 6. The number of nitrogens with two attached hydrogens (primary N) is 1. The summed E-state index contributed by atoms with van der Waals surface area (Å²) in [6.07, 6.45) is 0.172. The number of aromatic nitrogens is 4. The van der Waals surface area contributed by atoms with Crippen molar-refractivity contribution in [1.82, 2.24) is 19.7 Å². The van der Waals surface area contributed by atoms with Gasteiger partial charge in [0.25, 0.3) is 5.91 Å². The number of carbonyl (C=O) groups is 1. The SMILES string of the molecule is Cc1cc(NC(=O)[C@H](O)c2ccccc2)ccc1-n1nc(C)c2ncnc(N)c21.